The molecule has 2 rings (SSSR count). The van der Waals surface area contributed by atoms with Crippen LogP contribution in [0.5, 0.6) is 0 Å². The summed E-state index contributed by atoms with van der Waals surface area (Å²) in [6.45, 7) is 19.9. The molecule has 0 aliphatic carbocycles. The fourth-order valence-corrected chi connectivity index (χ4v) is 5.31. The van der Waals surface area contributed by atoms with Crippen molar-refractivity contribution < 1.29 is 9.47 Å². The smallest absolute Gasteiger partial charge is 0.0652 e. The lowest BCUT2D eigenvalue weighted by atomic mass is 9.79. The highest BCUT2D eigenvalue weighted by molar-refractivity contribution is 5.00. The van der Waals surface area contributed by atoms with Crippen molar-refractivity contribution in [1.82, 2.24) is 9.80 Å². The van der Waals surface area contributed by atoms with Crippen LogP contribution < -0.4 is 0 Å². The summed E-state index contributed by atoms with van der Waals surface area (Å²) in [5, 5.41) is 0. The zero-order valence-electron chi connectivity index (χ0n) is 20.3. The lowest BCUT2D eigenvalue weighted by Crippen LogP contribution is -2.60. The van der Waals surface area contributed by atoms with Crippen LogP contribution in [0.25, 0.3) is 0 Å². The minimum absolute atomic E-state index is 0.174. The van der Waals surface area contributed by atoms with E-state index in [0.29, 0.717) is 25.4 Å². The average Bonchev–Trinajstić information content (AvgIpc) is 2.52. The Kier molecular flexibility index (Phi) is 7.13. The maximum atomic E-state index is 6.20. The third kappa shape index (κ3) is 5.59. The molecule has 0 bridgehead atoms. The van der Waals surface area contributed by atoms with Crippen LogP contribution in [0.2, 0.25) is 0 Å². The second kappa shape index (κ2) is 8.37. The second-order valence-electron chi connectivity index (χ2n) is 11.6. The lowest BCUT2D eigenvalue weighted by Gasteiger charge is -2.53. The fraction of sp³-hybridized carbons (Fsp3) is 0.917. The van der Waals surface area contributed by atoms with Crippen molar-refractivity contribution in [2.24, 2.45) is 0 Å². The van der Waals surface area contributed by atoms with E-state index in [0.717, 1.165) is 25.7 Å². The Bertz CT molecular complexity index is 467. The maximum Gasteiger partial charge on any atom is 0.0652 e. The predicted molar refractivity (Wildman–Crippen MR) is 119 cm³/mol. The predicted octanol–water partition coefficient (Wildman–Crippen LogP) is 4.88. The van der Waals surface area contributed by atoms with E-state index in [2.05, 4.69) is 91.4 Å². The monoisotopic (exact) mass is 394 g/mol. The van der Waals surface area contributed by atoms with Gasteiger partial charge in [0.25, 0.3) is 0 Å². The molecule has 4 nitrogen and oxygen atoms in total. The minimum Gasteiger partial charge on any atom is -0.374 e. The van der Waals surface area contributed by atoms with E-state index >= 15 is 0 Å². The molecule has 0 amide bonds. The zero-order chi connectivity index (χ0) is 21.4. The number of rotatable bonds is 6. The molecule has 2 saturated heterocycles. The number of likely N-dealkylation sites (tertiary alicyclic amines) is 2. The Morgan fingerprint density at radius 1 is 0.607 bits per heavy atom. The Labute approximate surface area is 174 Å². The van der Waals surface area contributed by atoms with Crippen molar-refractivity contribution in [3.8, 4) is 0 Å². The topological polar surface area (TPSA) is 24.9 Å². The molecule has 0 saturated carbocycles. The molecule has 4 heteroatoms. The molecule has 0 spiro atoms. The zero-order valence-corrected chi connectivity index (χ0v) is 20.3. The van der Waals surface area contributed by atoms with Crippen molar-refractivity contribution in [3.05, 3.63) is 12.2 Å². The first-order valence-electron chi connectivity index (χ1n) is 11.0. The Hall–Kier alpha value is -0.420. The van der Waals surface area contributed by atoms with Crippen molar-refractivity contribution in [2.45, 2.75) is 115 Å². The number of hydrogen-bond acceptors (Lipinski definition) is 4. The molecule has 2 aliphatic rings. The van der Waals surface area contributed by atoms with E-state index in [4.69, 9.17) is 9.47 Å². The molecule has 164 valence electrons. The Balaban J connectivity index is 1.75. The molecule has 2 aliphatic heterocycles. The van der Waals surface area contributed by atoms with Gasteiger partial charge in [-0.05, 0) is 95.2 Å². The summed E-state index contributed by atoms with van der Waals surface area (Å²) < 4.78 is 12.4. The SMILES string of the molecule is CN1C(C)(C)CC(OCC=CCOC2CC(C)(C)N(C)C(C)(C)C2)CC1(C)C. The van der Waals surface area contributed by atoms with Crippen molar-refractivity contribution in [2.75, 3.05) is 27.3 Å². The summed E-state index contributed by atoms with van der Waals surface area (Å²) in [4.78, 5) is 4.99. The molecule has 0 aromatic heterocycles. The molecule has 0 unspecified atom stereocenters. The summed E-state index contributed by atoms with van der Waals surface area (Å²) >= 11 is 0. The van der Waals surface area contributed by atoms with Gasteiger partial charge in [-0.15, -0.1) is 0 Å². The van der Waals surface area contributed by atoms with E-state index in [-0.39, 0.29) is 22.2 Å². The largest absolute Gasteiger partial charge is 0.374 e. The van der Waals surface area contributed by atoms with Crippen LogP contribution in [-0.2, 0) is 9.47 Å². The van der Waals surface area contributed by atoms with Gasteiger partial charge >= 0.3 is 0 Å². The van der Waals surface area contributed by atoms with Crippen LogP contribution in [0.4, 0.5) is 0 Å². The minimum atomic E-state index is 0.174. The third-order valence-corrected chi connectivity index (χ3v) is 7.56. The van der Waals surface area contributed by atoms with Gasteiger partial charge in [-0.3, -0.25) is 9.80 Å². The van der Waals surface area contributed by atoms with Gasteiger partial charge in [-0.1, -0.05) is 12.2 Å². The van der Waals surface area contributed by atoms with Gasteiger partial charge in [0.2, 0.25) is 0 Å². The van der Waals surface area contributed by atoms with Crippen LogP contribution in [0.3, 0.4) is 0 Å². The van der Waals surface area contributed by atoms with Gasteiger partial charge in [0, 0.05) is 22.2 Å². The molecule has 0 N–H and O–H groups in total. The molecular formula is C24H46N2O2. The molecule has 0 aromatic carbocycles. The molecule has 2 heterocycles. The summed E-state index contributed by atoms with van der Waals surface area (Å²) in [5.41, 5.74) is 0.694. The summed E-state index contributed by atoms with van der Waals surface area (Å²) in [6, 6.07) is 0. The van der Waals surface area contributed by atoms with Gasteiger partial charge in [-0.25, -0.2) is 0 Å². The van der Waals surface area contributed by atoms with Crippen molar-refractivity contribution in [3.63, 3.8) is 0 Å². The Morgan fingerprint density at radius 2 is 0.857 bits per heavy atom. The van der Waals surface area contributed by atoms with Crippen LogP contribution in [0.1, 0.15) is 81.1 Å². The first-order valence-corrected chi connectivity index (χ1v) is 11.0. The molecule has 0 radical (unpaired) electrons. The van der Waals surface area contributed by atoms with Crippen molar-refractivity contribution in [1.29, 1.82) is 0 Å². The summed E-state index contributed by atoms with van der Waals surface area (Å²) in [7, 11) is 4.47. The normalized spacial score (nSPS) is 28.8. The number of nitrogens with zero attached hydrogens (tertiary/aromatic N) is 2. The number of hydrogen-bond donors (Lipinski definition) is 0. The highest BCUT2D eigenvalue weighted by Gasteiger charge is 2.44. The molecule has 0 aromatic rings. The van der Waals surface area contributed by atoms with Crippen molar-refractivity contribution >= 4 is 0 Å². The molecular weight excluding hydrogens is 348 g/mol. The lowest BCUT2D eigenvalue weighted by molar-refractivity contribution is -0.0878. The molecule has 2 fully saturated rings. The standard InChI is InChI=1S/C24H46N2O2/c1-21(2)15-19(16-22(3,4)25(21)9)27-13-11-12-14-28-20-17-23(5,6)26(10)24(7,8)18-20/h11-12,19-20H,13-18H2,1-10H3. The second-order valence-corrected chi connectivity index (χ2v) is 11.6. The maximum absolute atomic E-state index is 6.20. The number of ether oxygens (including phenoxy) is 2. The van der Waals surface area contributed by atoms with Crippen LogP contribution in [-0.4, -0.2) is 71.5 Å². The quantitative estimate of drug-likeness (QED) is 0.600. The van der Waals surface area contributed by atoms with Gasteiger partial charge in [0.05, 0.1) is 25.4 Å². The first-order chi connectivity index (χ1) is 12.7. The van der Waals surface area contributed by atoms with E-state index in [9.17, 15) is 0 Å². The van der Waals surface area contributed by atoms with Gasteiger partial charge < -0.3 is 9.47 Å². The highest BCUT2D eigenvalue weighted by Crippen LogP contribution is 2.39. The van der Waals surface area contributed by atoms with Crippen LogP contribution in [0, 0.1) is 0 Å². The number of piperidine rings is 2. The van der Waals surface area contributed by atoms with E-state index < -0.39 is 0 Å². The molecule has 28 heavy (non-hydrogen) atoms. The highest BCUT2D eigenvalue weighted by atomic mass is 16.5. The summed E-state index contributed by atoms with van der Waals surface area (Å²) in [5.74, 6) is 0. The van der Waals surface area contributed by atoms with Crippen LogP contribution >= 0.6 is 0 Å². The first kappa shape index (κ1) is 23.9. The average molecular weight is 395 g/mol. The summed E-state index contributed by atoms with van der Waals surface area (Å²) in [6.07, 6.45) is 9.22. The Morgan fingerprint density at radius 3 is 1.11 bits per heavy atom. The fourth-order valence-electron chi connectivity index (χ4n) is 5.31. The van der Waals surface area contributed by atoms with E-state index in [1.54, 1.807) is 0 Å². The molecule has 0 atom stereocenters. The van der Waals surface area contributed by atoms with E-state index in [1.165, 1.54) is 0 Å². The van der Waals surface area contributed by atoms with Gasteiger partial charge in [0.15, 0.2) is 0 Å². The van der Waals surface area contributed by atoms with Crippen LogP contribution in [0.15, 0.2) is 12.2 Å². The van der Waals surface area contributed by atoms with Gasteiger partial charge in [-0.2, -0.15) is 0 Å². The van der Waals surface area contributed by atoms with E-state index in [1.807, 2.05) is 0 Å². The van der Waals surface area contributed by atoms with Gasteiger partial charge in [0.1, 0.15) is 0 Å². The third-order valence-electron chi connectivity index (χ3n) is 7.56.